The molecule has 3 aliphatic rings. The van der Waals surface area contributed by atoms with E-state index in [2.05, 4.69) is 6.92 Å². The fourth-order valence-corrected chi connectivity index (χ4v) is 2.41. The normalized spacial score (nSPS) is 47.0. The molecule has 3 rings (SSSR count). The lowest BCUT2D eigenvalue weighted by Gasteiger charge is -2.47. The third kappa shape index (κ3) is 0.877. The predicted octanol–water partition coefficient (Wildman–Crippen LogP) is 1.62. The van der Waals surface area contributed by atoms with Gasteiger partial charge < -0.3 is 5.48 Å². The average molecular weight is 128 g/mol. The highest BCUT2D eigenvalue weighted by atomic mass is 16.0. The zero-order chi connectivity index (χ0) is 5.56. The molecule has 0 spiro atoms. The lowest BCUT2D eigenvalue weighted by Crippen LogP contribution is -2.38. The summed E-state index contributed by atoms with van der Waals surface area (Å²) in [4.78, 5) is 0. The molecule has 2 bridgehead atoms. The number of hydrogen-bond donors (Lipinski definition) is 0. The van der Waals surface area contributed by atoms with Crippen molar-refractivity contribution >= 4 is 0 Å². The first-order valence-electron chi connectivity index (χ1n) is 3.88. The summed E-state index contributed by atoms with van der Waals surface area (Å²) in [6.07, 6.45) is 6.18. The van der Waals surface area contributed by atoms with Crippen LogP contribution in [0.15, 0.2) is 0 Å². The summed E-state index contributed by atoms with van der Waals surface area (Å²) >= 11 is 0. The maximum atomic E-state index is 2.43. The first-order chi connectivity index (χ1) is 3.88. The molecule has 54 valence electrons. The molecule has 0 aromatic heterocycles. The number of rotatable bonds is 0. The summed E-state index contributed by atoms with van der Waals surface area (Å²) in [5.74, 6) is 3.39. The lowest BCUT2D eigenvalue weighted by molar-refractivity contribution is 0.0284. The third-order valence-electron chi connectivity index (χ3n) is 3.24. The van der Waals surface area contributed by atoms with Gasteiger partial charge >= 0.3 is 0 Å². The average Bonchev–Trinajstić information content (AvgIpc) is 1.89. The fourth-order valence-electron chi connectivity index (χ4n) is 2.41. The van der Waals surface area contributed by atoms with Crippen LogP contribution < -0.4 is 0 Å². The second kappa shape index (κ2) is 2.30. The molecule has 9 heavy (non-hydrogen) atoms. The van der Waals surface area contributed by atoms with Crippen molar-refractivity contribution in [2.24, 2.45) is 17.8 Å². The Labute approximate surface area is 56.8 Å². The smallest absolute Gasteiger partial charge is 0.0383 e. The lowest BCUT2D eigenvalue weighted by atomic mass is 9.58. The molecule has 2 atom stereocenters. The van der Waals surface area contributed by atoms with Crippen molar-refractivity contribution in [2.45, 2.75) is 32.6 Å². The van der Waals surface area contributed by atoms with Crippen molar-refractivity contribution in [1.29, 1.82) is 0 Å². The van der Waals surface area contributed by atoms with Gasteiger partial charge in [-0.05, 0) is 24.2 Å². The molecule has 1 nitrogen and oxygen atoms in total. The van der Waals surface area contributed by atoms with E-state index in [1.165, 1.54) is 19.3 Å². The van der Waals surface area contributed by atoms with Gasteiger partial charge in [0.1, 0.15) is 0 Å². The quantitative estimate of drug-likeness (QED) is 0.475. The Morgan fingerprint density at radius 2 is 1.67 bits per heavy atom. The van der Waals surface area contributed by atoms with Gasteiger partial charge in [0.2, 0.25) is 0 Å². The second-order valence-corrected chi connectivity index (χ2v) is 3.55. The number of fused-ring (bicyclic) bond motifs is 2. The van der Waals surface area contributed by atoms with Crippen molar-refractivity contribution in [3.8, 4) is 0 Å². The summed E-state index contributed by atoms with van der Waals surface area (Å²) < 4.78 is 0. The van der Waals surface area contributed by atoms with Gasteiger partial charge in [-0.25, -0.2) is 0 Å². The summed E-state index contributed by atoms with van der Waals surface area (Å²) in [5.41, 5.74) is 0. The summed E-state index contributed by atoms with van der Waals surface area (Å²) in [7, 11) is 0. The zero-order valence-electron chi connectivity index (χ0n) is 6.06. The minimum atomic E-state index is 0. The van der Waals surface area contributed by atoms with Crippen LogP contribution in [0.25, 0.3) is 0 Å². The van der Waals surface area contributed by atoms with Crippen LogP contribution in [0.4, 0.5) is 0 Å². The van der Waals surface area contributed by atoms with E-state index in [1.807, 2.05) is 0 Å². The van der Waals surface area contributed by atoms with Crippen LogP contribution in [0.3, 0.4) is 0 Å². The van der Waals surface area contributed by atoms with Crippen molar-refractivity contribution < 1.29 is 5.48 Å². The Morgan fingerprint density at radius 1 is 1.11 bits per heavy atom. The molecule has 3 fully saturated rings. The fraction of sp³-hybridized carbons (Fsp3) is 1.00. The predicted molar refractivity (Wildman–Crippen MR) is 38.2 cm³/mol. The third-order valence-corrected chi connectivity index (χ3v) is 3.24. The Hall–Kier alpha value is -0.0400. The highest BCUT2D eigenvalue weighted by Gasteiger charge is 2.39. The van der Waals surface area contributed by atoms with Crippen LogP contribution in [0, 0.1) is 17.8 Å². The molecule has 0 saturated heterocycles. The Kier molecular flexibility index (Phi) is 1.80. The molecule has 0 aliphatic heterocycles. The minimum absolute atomic E-state index is 0. The van der Waals surface area contributed by atoms with E-state index < -0.39 is 0 Å². The summed E-state index contributed by atoms with van der Waals surface area (Å²) in [6, 6.07) is 0. The largest absolute Gasteiger partial charge is 0.412 e. The maximum Gasteiger partial charge on any atom is -0.0383 e. The van der Waals surface area contributed by atoms with E-state index in [1.54, 1.807) is 6.42 Å². The van der Waals surface area contributed by atoms with Crippen molar-refractivity contribution in [3.05, 3.63) is 0 Å². The molecule has 1 heteroatoms. The van der Waals surface area contributed by atoms with Gasteiger partial charge in [0.25, 0.3) is 0 Å². The van der Waals surface area contributed by atoms with Crippen LogP contribution >= 0.6 is 0 Å². The zero-order valence-corrected chi connectivity index (χ0v) is 6.06. The Balaban J connectivity index is 0.000000405. The second-order valence-electron chi connectivity index (χ2n) is 3.55. The van der Waals surface area contributed by atoms with Gasteiger partial charge in [-0.15, -0.1) is 0 Å². The molecule has 0 aromatic carbocycles. The van der Waals surface area contributed by atoms with Gasteiger partial charge in [0, 0.05) is 0 Å². The van der Waals surface area contributed by atoms with E-state index >= 15 is 0 Å². The van der Waals surface area contributed by atoms with E-state index in [0.29, 0.717) is 0 Å². The molecular formula is C8H16O. The summed E-state index contributed by atoms with van der Waals surface area (Å²) in [6.45, 7) is 2.43. The van der Waals surface area contributed by atoms with Crippen LogP contribution in [0.1, 0.15) is 32.6 Å². The molecule has 0 heterocycles. The SMILES string of the molecule is CC1C2CCCC1C2.O. The Morgan fingerprint density at radius 3 is 1.89 bits per heavy atom. The molecule has 3 saturated carbocycles. The topological polar surface area (TPSA) is 31.5 Å². The van der Waals surface area contributed by atoms with Crippen molar-refractivity contribution in [3.63, 3.8) is 0 Å². The molecule has 2 unspecified atom stereocenters. The van der Waals surface area contributed by atoms with Gasteiger partial charge in [-0.1, -0.05) is 26.2 Å². The van der Waals surface area contributed by atoms with E-state index in [9.17, 15) is 0 Å². The highest BCUT2D eigenvalue weighted by Crippen LogP contribution is 2.49. The maximum absolute atomic E-state index is 2.43. The van der Waals surface area contributed by atoms with Crippen LogP contribution in [-0.2, 0) is 0 Å². The monoisotopic (exact) mass is 128 g/mol. The van der Waals surface area contributed by atoms with Crippen molar-refractivity contribution in [1.82, 2.24) is 0 Å². The van der Waals surface area contributed by atoms with Crippen molar-refractivity contribution in [2.75, 3.05) is 0 Å². The highest BCUT2D eigenvalue weighted by molar-refractivity contribution is 4.90. The minimum Gasteiger partial charge on any atom is -0.412 e. The van der Waals surface area contributed by atoms with Gasteiger partial charge in [-0.3, -0.25) is 0 Å². The van der Waals surface area contributed by atoms with E-state index in [4.69, 9.17) is 0 Å². The first-order valence-corrected chi connectivity index (χ1v) is 3.88. The molecule has 0 aromatic rings. The molecular weight excluding hydrogens is 112 g/mol. The van der Waals surface area contributed by atoms with Crippen LogP contribution in [0.2, 0.25) is 0 Å². The van der Waals surface area contributed by atoms with E-state index in [0.717, 1.165) is 17.8 Å². The van der Waals surface area contributed by atoms with Crippen LogP contribution in [-0.4, -0.2) is 5.48 Å². The molecule has 0 radical (unpaired) electrons. The van der Waals surface area contributed by atoms with Gasteiger partial charge in [0.15, 0.2) is 0 Å². The van der Waals surface area contributed by atoms with Gasteiger partial charge in [-0.2, -0.15) is 0 Å². The van der Waals surface area contributed by atoms with Gasteiger partial charge in [0.05, 0.1) is 0 Å². The standard InChI is InChI=1S/C8H14.H2O/c1-6-7-3-2-4-8(6)5-7;/h6-8H,2-5H2,1H3;1H2. The first kappa shape index (κ1) is 7.07. The Bertz CT molecular complexity index is 86.7. The van der Waals surface area contributed by atoms with Crippen LogP contribution in [0.5, 0.6) is 0 Å². The summed E-state index contributed by atoms with van der Waals surface area (Å²) in [5, 5.41) is 0. The molecule has 2 N–H and O–H groups in total. The molecule has 3 aliphatic carbocycles. The number of hydrogen-bond acceptors (Lipinski definition) is 0. The molecule has 0 amide bonds. The van der Waals surface area contributed by atoms with E-state index in [-0.39, 0.29) is 5.48 Å².